The first kappa shape index (κ1) is 15.4. The minimum atomic E-state index is 0.00747. The fourth-order valence-electron chi connectivity index (χ4n) is 2.05. The molecule has 0 aliphatic carbocycles. The summed E-state index contributed by atoms with van der Waals surface area (Å²) in [6.07, 6.45) is 0.714. The number of hydrogen-bond acceptors (Lipinski definition) is 2. The monoisotopic (exact) mass is 312 g/mol. The average molecular weight is 313 g/mol. The van der Waals surface area contributed by atoms with E-state index in [0.29, 0.717) is 36.1 Å². The van der Waals surface area contributed by atoms with Crippen molar-refractivity contribution in [2.24, 2.45) is 0 Å². The van der Waals surface area contributed by atoms with Gasteiger partial charge in [0.2, 0.25) is 5.91 Å². The van der Waals surface area contributed by atoms with Crippen LogP contribution in [-0.2, 0) is 11.3 Å². The normalized spacial score (nSPS) is 16.4. The van der Waals surface area contributed by atoms with Gasteiger partial charge >= 0.3 is 0 Å². The highest BCUT2D eigenvalue weighted by atomic mass is 35.5. The Morgan fingerprint density at radius 2 is 1.95 bits per heavy atom. The third-order valence-corrected chi connectivity index (χ3v) is 4.14. The Hall–Kier alpha value is -1.03. The summed E-state index contributed by atoms with van der Waals surface area (Å²) in [6.45, 7) is 4.27. The van der Waals surface area contributed by atoms with Crippen LogP contribution >= 0.6 is 23.2 Å². The molecule has 1 aromatic carbocycles. The summed E-state index contributed by atoms with van der Waals surface area (Å²) < 4.78 is 0. The molecule has 1 aromatic rings. The van der Waals surface area contributed by atoms with Crippen LogP contribution in [0.3, 0.4) is 0 Å². The number of carbonyl (C=O) groups excluding carboxylic acids is 1. The van der Waals surface area contributed by atoms with Crippen molar-refractivity contribution in [1.29, 1.82) is 0 Å². The van der Waals surface area contributed by atoms with Gasteiger partial charge in [-0.3, -0.25) is 9.69 Å². The third kappa shape index (κ3) is 4.51. The van der Waals surface area contributed by atoms with E-state index >= 15 is 0 Å². The standard InChI is InChI=1S/C15H18Cl2N2O/c1-11-2-4-12(5-3-11)8-18-15(20)10-19-7-6-13(16)14(17)9-19/h2-5H,6-10H2,1H3,(H,18,20). The largest absolute Gasteiger partial charge is 0.351 e. The Morgan fingerprint density at radius 1 is 1.25 bits per heavy atom. The fraction of sp³-hybridized carbons (Fsp3) is 0.400. The van der Waals surface area contributed by atoms with E-state index in [4.69, 9.17) is 23.2 Å². The van der Waals surface area contributed by atoms with Gasteiger partial charge in [-0.1, -0.05) is 53.0 Å². The molecule has 1 heterocycles. The van der Waals surface area contributed by atoms with E-state index in [1.165, 1.54) is 5.56 Å². The third-order valence-electron chi connectivity index (χ3n) is 3.28. The highest BCUT2D eigenvalue weighted by Crippen LogP contribution is 2.23. The summed E-state index contributed by atoms with van der Waals surface area (Å²) in [5.41, 5.74) is 2.32. The van der Waals surface area contributed by atoms with Gasteiger partial charge in [0.1, 0.15) is 0 Å². The molecule has 108 valence electrons. The van der Waals surface area contributed by atoms with Crippen molar-refractivity contribution in [1.82, 2.24) is 10.2 Å². The topological polar surface area (TPSA) is 32.3 Å². The predicted octanol–water partition coefficient (Wildman–Crippen LogP) is 3.01. The lowest BCUT2D eigenvalue weighted by atomic mass is 10.1. The van der Waals surface area contributed by atoms with Gasteiger partial charge in [-0.15, -0.1) is 0 Å². The van der Waals surface area contributed by atoms with Crippen molar-refractivity contribution < 1.29 is 4.79 Å². The van der Waals surface area contributed by atoms with Crippen molar-refractivity contribution in [3.05, 3.63) is 45.5 Å². The van der Waals surface area contributed by atoms with Crippen LogP contribution in [0.1, 0.15) is 17.5 Å². The Kier molecular flexibility index (Phi) is 5.46. The zero-order chi connectivity index (χ0) is 14.5. The van der Waals surface area contributed by atoms with Gasteiger partial charge < -0.3 is 5.32 Å². The first-order valence-corrected chi connectivity index (χ1v) is 7.38. The van der Waals surface area contributed by atoms with Gasteiger partial charge in [-0.05, 0) is 18.9 Å². The van der Waals surface area contributed by atoms with Crippen LogP contribution < -0.4 is 5.32 Å². The minimum Gasteiger partial charge on any atom is -0.351 e. The molecule has 0 atom stereocenters. The lowest BCUT2D eigenvalue weighted by Crippen LogP contribution is -2.39. The van der Waals surface area contributed by atoms with E-state index in [1.807, 2.05) is 36.1 Å². The van der Waals surface area contributed by atoms with Gasteiger partial charge in [0.15, 0.2) is 0 Å². The Bertz CT molecular complexity index is 511. The first-order chi connectivity index (χ1) is 9.54. The number of rotatable bonds is 4. The average Bonchev–Trinajstić information content (AvgIpc) is 2.42. The Labute approximate surface area is 129 Å². The van der Waals surface area contributed by atoms with Crippen LogP contribution in [0.25, 0.3) is 0 Å². The van der Waals surface area contributed by atoms with Crippen molar-refractivity contribution in [3.8, 4) is 0 Å². The second kappa shape index (κ2) is 7.11. The molecule has 0 spiro atoms. The first-order valence-electron chi connectivity index (χ1n) is 6.62. The quantitative estimate of drug-likeness (QED) is 0.927. The number of halogens is 2. The molecule has 0 saturated heterocycles. The van der Waals surface area contributed by atoms with E-state index in [9.17, 15) is 4.79 Å². The predicted molar refractivity (Wildman–Crippen MR) is 82.8 cm³/mol. The second-order valence-corrected chi connectivity index (χ2v) is 5.95. The smallest absolute Gasteiger partial charge is 0.234 e. The summed E-state index contributed by atoms with van der Waals surface area (Å²) in [6, 6.07) is 8.13. The molecule has 0 aromatic heterocycles. The zero-order valence-electron chi connectivity index (χ0n) is 11.5. The minimum absolute atomic E-state index is 0.00747. The van der Waals surface area contributed by atoms with Gasteiger partial charge in [0.25, 0.3) is 0 Å². The molecule has 2 rings (SSSR count). The van der Waals surface area contributed by atoms with Gasteiger partial charge in [0.05, 0.1) is 6.54 Å². The molecule has 20 heavy (non-hydrogen) atoms. The molecule has 0 saturated carbocycles. The lowest BCUT2D eigenvalue weighted by Gasteiger charge is -2.25. The van der Waals surface area contributed by atoms with Crippen LogP contribution in [0.2, 0.25) is 0 Å². The molecular formula is C15H18Cl2N2O. The van der Waals surface area contributed by atoms with E-state index in [1.54, 1.807) is 0 Å². The lowest BCUT2D eigenvalue weighted by molar-refractivity contribution is -0.122. The number of aryl methyl sites for hydroxylation is 1. The number of hydrogen-bond donors (Lipinski definition) is 1. The van der Waals surface area contributed by atoms with Crippen molar-refractivity contribution in [2.45, 2.75) is 19.9 Å². The van der Waals surface area contributed by atoms with Crippen molar-refractivity contribution in [2.75, 3.05) is 19.6 Å². The number of amides is 1. The molecule has 0 unspecified atom stereocenters. The molecule has 0 radical (unpaired) electrons. The van der Waals surface area contributed by atoms with E-state index in [0.717, 1.165) is 12.1 Å². The number of carbonyl (C=O) groups is 1. The summed E-state index contributed by atoms with van der Waals surface area (Å²) in [5.74, 6) is 0.00747. The maximum absolute atomic E-state index is 11.9. The van der Waals surface area contributed by atoms with Crippen LogP contribution in [0.4, 0.5) is 0 Å². The molecule has 0 bridgehead atoms. The highest BCUT2D eigenvalue weighted by molar-refractivity contribution is 6.39. The van der Waals surface area contributed by atoms with Gasteiger partial charge in [0, 0.05) is 29.7 Å². The SMILES string of the molecule is Cc1ccc(CNC(=O)CN2CCC(Cl)=C(Cl)C2)cc1. The van der Waals surface area contributed by atoms with Crippen LogP contribution in [0.15, 0.2) is 34.3 Å². The molecule has 0 fully saturated rings. The summed E-state index contributed by atoms with van der Waals surface area (Å²) in [5, 5.41) is 4.27. The van der Waals surface area contributed by atoms with Crippen LogP contribution in [0, 0.1) is 6.92 Å². The molecule has 1 N–H and O–H groups in total. The molecule has 1 amide bonds. The van der Waals surface area contributed by atoms with Crippen molar-refractivity contribution >= 4 is 29.1 Å². The summed E-state index contributed by atoms with van der Waals surface area (Å²) in [7, 11) is 0. The Balaban J connectivity index is 1.77. The van der Waals surface area contributed by atoms with E-state index < -0.39 is 0 Å². The number of benzene rings is 1. The second-order valence-electron chi connectivity index (χ2n) is 5.03. The molecule has 3 nitrogen and oxygen atoms in total. The Morgan fingerprint density at radius 3 is 2.60 bits per heavy atom. The highest BCUT2D eigenvalue weighted by Gasteiger charge is 2.18. The molecular weight excluding hydrogens is 295 g/mol. The van der Waals surface area contributed by atoms with Crippen LogP contribution in [0.5, 0.6) is 0 Å². The maximum atomic E-state index is 11.9. The zero-order valence-corrected chi connectivity index (χ0v) is 13.0. The van der Waals surface area contributed by atoms with E-state index in [-0.39, 0.29) is 5.91 Å². The molecule has 1 aliphatic rings. The molecule has 1 aliphatic heterocycles. The van der Waals surface area contributed by atoms with Gasteiger partial charge in [-0.25, -0.2) is 0 Å². The molecule has 5 heteroatoms. The number of nitrogens with zero attached hydrogens (tertiary/aromatic N) is 1. The van der Waals surface area contributed by atoms with E-state index in [2.05, 4.69) is 5.32 Å². The van der Waals surface area contributed by atoms with Crippen molar-refractivity contribution in [3.63, 3.8) is 0 Å². The van der Waals surface area contributed by atoms with Crippen LogP contribution in [-0.4, -0.2) is 30.4 Å². The van der Waals surface area contributed by atoms with Gasteiger partial charge in [-0.2, -0.15) is 0 Å². The summed E-state index contributed by atoms with van der Waals surface area (Å²) >= 11 is 12.0. The maximum Gasteiger partial charge on any atom is 0.234 e. The summed E-state index contributed by atoms with van der Waals surface area (Å²) in [4.78, 5) is 13.9. The number of nitrogens with one attached hydrogen (secondary N) is 1. The fourth-order valence-corrected chi connectivity index (χ4v) is 2.46.